The second-order valence-corrected chi connectivity index (χ2v) is 7.05. The van der Waals surface area contributed by atoms with Crippen LogP contribution in [0.25, 0.3) is 0 Å². The molecule has 2 aromatic rings. The predicted molar refractivity (Wildman–Crippen MR) is 89.8 cm³/mol. The smallest absolute Gasteiger partial charge is 0.268 e. The predicted octanol–water partition coefficient (Wildman–Crippen LogP) is 2.42. The van der Waals surface area contributed by atoms with Gasteiger partial charge in [0.05, 0.1) is 17.7 Å². The highest BCUT2D eigenvalue weighted by atomic mass is 32.2. The van der Waals surface area contributed by atoms with Gasteiger partial charge in [-0.05, 0) is 47.9 Å². The van der Waals surface area contributed by atoms with E-state index in [0.717, 1.165) is 11.1 Å². The molecule has 0 atom stereocenters. The largest absolute Gasteiger partial charge is 0.497 e. The molecule has 0 saturated carbocycles. The average molecular weight is 330 g/mol. The summed E-state index contributed by atoms with van der Waals surface area (Å²) >= 11 is 0. The van der Waals surface area contributed by atoms with Crippen LogP contribution in [0.3, 0.4) is 0 Å². The third-order valence-electron chi connectivity index (χ3n) is 3.82. The minimum Gasteiger partial charge on any atom is -0.497 e. The van der Waals surface area contributed by atoms with Crippen molar-refractivity contribution < 1.29 is 13.2 Å². The first-order valence-corrected chi connectivity index (χ1v) is 8.67. The molecule has 0 radical (unpaired) electrons. The third-order valence-corrected chi connectivity index (χ3v) is 5.52. The molecule has 0 bridgehead atoms. The summed E-state index contributed by atoms with van der Waals surface area (Å²) in [6.07, 6.45) is 4.10. The molecule has 0 amide bonds. The summed E-state index contributed by atoms with van der Waals surface area (Å²) in [5, 5.41) is 0. The van der Waals surface area contributed by atoms with Crippen LogP contribution in [0.2, 0.25) is 0 Å². The Hall–Kier alpha value is -2.31. The average Bonchev–Trinajstić information content (AvgIpc) is 2.60. The number of fused-ring (bicyclic) bond motifs is 1. The summed E-state index contributed by atoms with van der Waals surface area (Å²) in [6.45, 7) is 0.382. The van der Waals surface area contributed by atoms with Gasteiger partial charge in [-0.3, -0.25) is 0 Å². The fraction of sp³-hybridized carbons (Fsp3) is 0.176. The molecular formula is C17H18N2O3S. The summed E-state index contributed by atoms with van der Waals surface area (Å²) in [7, 11) is -2.06. The van der Waals surface area contributed by atoms with Gasteiger partial charge in [-0.15, -0.1) is 0 Å². The Morgan fingerprint density at radius 1 is 1.17 bits per heavy atom. The molecule has 0 aliphatic carbocycles. The maximum absolute atomic E-state index is 12.9. The van der Waals surface area contributed by atoms with E-state index in [9.17, 15) is 8.42 Å². The minimum atomic E-state index is -3.66. The number of benzene rings is 2. The van der Waals surface area contributed by atoms with Gasteiger partial charge in [-0.1, -0.05) is 18.2 Å². The van der Waals surface area contributed by atoms with Gasteiger partial charge in [0.1, 0.15) is 5.75 Å². The first-order chi connectivity index (χ1) is 11.1. The van der Waals surface area contributed by atoms with Gasteiger partial charge in [0.15, 0.2) is 0 Å². The molecule has 6 heteroatoms. The maximum atomic E-state index is 12.9. The number of nitrogens with two attached hydrogens (primary N) is 1. The van der Waals surface area contributed by atoms with E-state index in [2.05, 4.69) is 0 Å². The normalized spacial score (nSPS) is 13.7. The van der Waals surface area contributed by atoms with E-state index in [4.69, 9.17) is 10.5 Å². The van der Waals surface area contributed by atoms with E-state index < -0.39 is 10.0 Å². The lowest BCUT2D eigenvalue weighted by Gasteiger charge is -2.26. The van der Waals surface area contributed by atoms with E-state index in [1.165, 1.54) is 4.31 Å². The quantitative estimate of drug-likeness (QED) is 0.934. The lowest BCUT2D eigenvalue weighted by molar-refractivity contribution is 0.414. The molecule has 1 aliphatic heterocycles. The van der Waals surface area contributed by atoms with Crippen molar-refractivity contribution in [3.05, 3.63) is 65.9 Å². The van der Waals surface area contributed by atoms with Gasteiger partial charge in [-0.2, -0.15) is 0 Å². The number of anilines is 1. The van der Waals surface area contributed by atoms with Crippen LogP contribution in [0.5, 0.6) is 5.75 Å². The molecule has 1 aliphatic rings. The number of nitrogens with zero attached hydrogens (tertiary/aromatic N) is 1. The van der Waals surface area contributed by atoms with Gasteiger partial charge in [0, 0.05) is 12.7 Å². The minimum absolute atomic E-state index is 0.239. The molecule has 0 aromatic heterocycles. The molecule has 5 nitrogen and oxygen atoms in total. The first-order valence-electron chi connectivity index (χ1n) is 7.23. The van der Waals surface area contributed by atoms with Gasteiger partial charge < -0.3 is 10.5 Å². The van der Waals surface area contributed by atoms with Crippen LogP contribution in [-0.2, 0) is 23.0 Å². The number of sulfonamides is 1. The zero-order valence-electron chi connectivity index (χ0n) is 12.8. The van der Waals surface area contributed by atoms with Crippen molar-refractivity contribution in [1.82, 2.24) is 0 Å². The zero-order valence-corrected chi connectivity index (χ0v) is 13.6. The van der Waals surface area contributed by atoms with E-state index in [1.807, 2.05) is 12.1 Å². The maximum Gasteiger partial charge on any atom is 0.268 e. The molecule has 0 spiro atoms. The number of methoxy groups -OCH3 is 1. The van der Waals surface area contributed by atoms with Crippen LogP contribution in [0.15, 0.2) is 59.6 Å². The van der Waals surface area contributed by atoms with Crippen molar-refractivity contribution in [2.24, 2.45) is 5.73 Å². The lowest BCUT2D eigenvalue weighted by atomic mass is 10.1. The van der Waals surface area contributed by atoms with Gasteiger partial charge in [-0.25, -0.2) is 12.7 Å². The standard InChI is InChI=1S/C17H18N2O3S/c1-22-15-6-9-17-14(11-15)3-2-10-19(17)23(20,21)16-7-4-13(12-18)5-8-16/h2,4-11H,3,12,18H2,1H3. The summed E-state index contributed by atoms with van der Waals surface area (Å²) in [4.78, 5) is 0.239. The number of hydrogen-bond donors (Lipinski definition) is 1. The Bertz CT molecular complexity index is 843. The van der Waals surface area contributed by atoms with E-state index in [0.29, 0.717) is 24.4 Å². The van der Waals surface area contributed by atoms with Gasteiger partial charge in [0.25, 0.3) is 10.0 Å². The highest BCUT2D eigenvalue weighted by Gasteiger charge is 2.26. The summed E-state index contributed by atoms with van der Waals surface area (Å²) in [6, 6.07) is 12.0. The highest BCUT2D eigenvalue weighted by Crippen LogP contribution is 2.33. The molecule has 1 heterocycles. The van der Waals surface area contributed by atoms with E-state index >= 15 is 0 Å². The van der Waals surface area contributed by atoms with E-state index in [1.54, 1.807) is 49.7 Å². The summed E-state index contributed by atoms with van der Waals surface area (Å²) in [5.74, 6) is 0.712. The highest BCUT2D eigenvalue weighted by molar-refractivity contribution is 7.93. The number of ether oxygens (including phenoxy) is 1. The second kappa shape index (κ2) is 6.06. The molecule has 23 heavy (non-hydrogen) atoms. The number of rotatable bonds is 4. The fourth-order valence-corrected chi connectivity index (χ4v) is 3.93. The van der Waals surface area contributed by atoms with Crippen molar-refractivity contribution in [3.63, 3.8) is 0 Å². The first kappa shape index (κ1) is 15.6. The van der Waals surface area contributed by atoms with Crippen LogP contribution in [0.4, 0.5) is 5.69 Å². The zero-order chi connectivity index (χ0) is 16.4. The van der Waals surface area contributed by atoms with E-state index in [-0.39, 0.29) is 4.90 Å². The third kappa shape index (κ3) is 2.83. The van der Waals surface area contributed by atoms with Crippen molar-refractivity contribution in [3.8, 4) is 5.75 Å². The van der Waals surface area contributed by atoms with Crippen LogP contribution in [0.1, 0.15) is 11.1 Å². The molecule has 0 unspecified atom stereocenters. The van der Waals surface area contributed by atoms with Crippen molar-refractivity contribution >= 4 is 15.7 Å². The monoisotopic (exact) mass is 330 g/mol. The topological polar surface area (TPSA) is 72.6 Å². The Labute approximate surface area is 136 Å². The Morgan fingerprint density at radius 3 is 2.57 bits per heavy atom. The van der Waals surface area contributed by atoms with Gasteiger partial charge >= 0.3 is 0 Å². The van der Waals surface area contributed by atoms with Crippen LogP contribution < -0.4 is 14.8 Å². The SMILES string of the molecule is COc1ccc2c(c1)CC=CN2S(=O)(=O)c1ccc(CN)cc1. The van der Waals surface area contributed by atoms with Crippen molar-refractivity contribution in [2.45, 2.75) is 17.9 Å². The lowest BCUT2D eigenvalue weighted by Crippen LogP contribution is -2.28. The Balaban J connectivity index is 2.03. The van der Waals surface area contributed by atoms with Crippen LogP contribution in [-0.4, -0.2) is 15.5 Å². The van der Waals surface area contributed by atoms with Crippen LogP contribution >= 0.6 is 0 Å². The summed E-state index contributed by atoms with van der Waals surface area (Å²) < 4.78 is 32.3. The molecular weight excluding hydrogens is 312 g/mol. The number of allylic oxidation sites excluding steroid dienone is 1. The molecule has 0 saturated heterocycles. The second-order valence-electron chi connectivity index (χ2n) is 5.23. The molecule has 0 fully saturated rings. The fourth-order valence-electron chi connectivity index (χ4n) is 2.54. The van der Waals surface area contributed by atoms with Gasteiger partial charge in [0.2, 0.25) is 0 Å². The van der Waals surface area contributed by atoms with Crippen molar-refractivity contribution in [2.75, 3.05) is 11.4 Å². The molecule has 3 rings (SSSR count). The number of hydrogen-bond acceptors (Lipinski definition) is 4. The molecule has 120 valence electrons. The Kier molecular flexibility index (Phi) is 4.11. The summed E-state index contributed by atoms with van der Waals surface area (Å²) in [5.41, 5.74) is 8.01. The molecule has 2 N–H and O–H groups in total. The van der Waals surface area contributed by atoms with Crippen LogP contribution in [0, 0.1) is 0 Å². The Morgan fingerprint density at radius 2 is 1.91 bits per heavy atom. The molecule has 2 aromatic carbocycles. The van der Waals surface area contributed by atoms with Crippen molar-refractivity contribution in [1.29, 1.82) is 0 Å².